The Morgan fingerprint density at radius 2 is 1.78 bits per heavy atom. The van der Waals surface area contributed by atoms with Gasteiger partial charge in [-0.25, -0.2) is 0 Å². The van der Waals surface area contributed by atoms with Gasteiger partial charge in [-0.1, -0.05) is 34.1 Å². The van der Waals surface area contributed by atoms with Crippen LogP contribution < -0.4 is 0 Å². The van der Waals surface area contributed by atoms with Crippen molar-refractivity contribution in [2.75, 3.05) is 0 Å². The molecule has 1 N–H and O–H groups in total. The van der Waals surface area contributed by atoms with Crippen LogP contribution in [-0.4, -0.2) is 13.8 Å². The molecule has 0 heterocycles. The van der Waals surface area contributed by atoms with E-state index in [1.807, 2.05) is 0 Å². The van der Waals surface area contributed by atoms with E-state index in [0.717, 1.165) is 12.5 Å². The van der Waals surface area contributed by atoms with Gasteiger partial charge in [0.25, 0.3) is 0 Å². The maximum Gasteiger partial charge on any atom is 0.177 e. The van der Waals surface area contributed by atoms with Gasteiger partial charge in [0, 0.05) is 0 Å². The molecule has 0 aliphatic heterocycles. The molecule has 0 saturated heterocycles. The molecule has 9 heavy (non-hydrogen) atoms. The lowest BCUT2D eigenvalue weighted by atomic mass is 10.2. The molecule has 0 aliphatic carbocycles. The molecule has 0 aromatic carbocycles. The first-order valence-electron chi connectivity index (χ1n) is 3.66. The van der Waals surface area contributed by atoms with Gasteiger partial charge in [-0.3, -0.25) is 0 Å². The molecule has 0 fully saturated rings. The Kier molecular flexibility index (Phi) is 3.44. The smallest absolute Gasteiger partial charge is 0.177 e. The monoisotopic (exact) mass is 146 g/mol. The van der Waals surface area contributed by atoms with Gasteiger partial charge < -0.3 is 4.80 Å². The third-order valence-corrected chi connectivity index (χ3v) is 4.69. The predicted molar refractivity (Wildman–Crippen MR) is 44.2 cm³/mol. The molecular weight excluding hydrogens is 128 g/mol. The summed E-state index contributed by atoms with van der Waals surface area (Å²) >= 11 is 0. The molecule has 1 atom stereocenters. The summed E-state index contributed by atoms with van der Waals surface area (Å²) in [4.78, 5) is 9.52. The van der Waals surface area contributed by atoms with Crippen LogP contribution in [0.3, 0.4) is 0 Å². The van der Waals surface area contributed by atoms with E-state index in [4.69, 9.17) is 0 Å². The van der Waals surface area contributed by atoms with Crippen LogP contribution >= 0.6 is 0 Å². The van der Waals surface area contributed by atoms with E-state index in [1.54, 1.807) is 0 Å². The number of hydrogen-bond acceptors (Lipinski definition) is 1. The highest BCUT2D eigenvalue weighted by atomic mass is 28.3. The lowest BCUT2D eigenvalue weighted by Crippen LogP contribution is -2.24. The zero-order valence-electron chi connectivity index (χ0n) is 6.94. The second-order valence-corrected chi connectivity index (χ2v) is 7.01. The molecule has 0 amide bonds. The summed E-state index contributed by atoms with van der Waals surface area (Å²) in [7, 11) is -1.39. The molecule has 0 aromatic heterocycles. The lowest BCUT2D eigenvalue weighted by molar-refractivity contribution is 0.505. The highest BCUT2D eigenvalue weighted by molar-refractivity contribution is 6.53. The fraction of sp³-hybridized carbons (Fsp3) is 1.00. The first kappa shape index (κ1) is 9.18. The fourth-order valence-electron chi connectivity index (χ4n) is 0.706. The van der Waals surface area contributed by atoms with Crippen LogP contribution in [-0.2, 0) is 0 Å². The van der Waals surface area contributed by atoms with Gasteiger partial charge in [-0.05, 0) is 11.1 Å². The molecule has 0 bridgehead atoms. The highest BCUT2D eigenvalue weighted by Gasteiger charge is 2.22. The van der Waals surface area contributed by atoms with Gasteiger partial charge in [0.2, 0.25) is 0 Å². The van der Waals surface area contributed by atoms with Crippen LogP contribution in [0.1, 0.15) is 34.1 Å². The average molecular weight is 146 g/mol. The molecular formula is C7H18OSi. The molecule has 0 aliphatic rings. The lowest BCUT2D eigenvalue weighted by Gasteiger charge is -2.22. The summed E-state index contributed by atoms with van der Waals surface area (Å²) in [6.07, 6.45) is 1.13. The highest BCUT2D eigenvalue weighted by Crippen LogP contribution is 2.27. The minimum Gasteiger partial charge on any atom is -0.434 e. The number of hydrogen-bond donors (Lipinski definition) is 1. The minimum atomic E-state index is -1.39. The van der Waals surface area contributed by atoms with Crippen LogP contribution in [0, 0.1) is 0 Å². The predicted octanol–water partition coefficient (Wildman–Crippen LogP) is 1.91. The van der Waals surface area contributed by atoms with Gasteiger partial charge in [0.1, 0.15) is 0 Å². The summed E-state index contributed by atoms with van der Waals surface area (Å²) in [5, 5.41) is 0.204. The average Bonchev–Trinajstić information content (AvgIpc) is 1.64. The van der Waals surface area contributed by atoms with Crippen molar-refractivity contribution in [3.8, 4) is 0 Å². The SMILES string of the molecule is CCC[SiH](O)C(C)(C)C. The fourth-order valence-corrected chi connectivity index (χ4v) is 2.12. The largest absolute Gasteiger partial charge is 0.434 e. The zero-order valence-corrected chi connectivity index (χ0v) is 8.09. The van der Waals surface area contributed by atoms with Crippen molar-refractivity contribution >= 4 is 9.04 Å². The van der Waals surface area contributed by atoms with E-state index in [-0.39, 0.29) is 5.04 Å². The molecule has 2 heteroatoms. The summed E-state index contributed by atoms with van der Waals surface area (Å²) in [6, 6.07) is 1.06. The first-order chi connectivity index (χ1) is 3.98. The van der Waals surface area contributed by atoms with Crippen molar-refractivity contribution in [3.63, 3.8) is 0 Å². The normalized spacial score (nSPS) is 15.7. The minimum absolute atomic E-state index is 0.204. The molecule has 1 unspecified atom stereocenters. The molecule has 0 saturated carbocycles. The van der Waals surface area contributed by atoms with Crippen LogP contribution in [0.25, 0.3) is 0 Å². The zero-order chi connectivity index (χ0) is 7.49. The Bertz CT molecular complexity index is 75.5. The summed E-state index contributed by atoms with van der Waals surface area (Å²) in [6.45, 7) is 8.50. The second kappa shape index (κ2) is 3.37. The van der Waals surface area contributed by atoms with Gasteiger partial charge in [0.05, 0.1) is 0 Å². The van der Waals surface area contributed by atoms with Crippen molar-refractivity contribution in [1.29, 1.82) is 0 Å². The Balaban J connectivity index is 3.59. The molecule has 1 nitrogen and oxygen atoms in total. The topological polar surface area (TPSA) is 20.2 Å². The molecule has 0 rings (SSSR count). The molecule has 56 valence electrons. The van der Waals surface area contributed by atoms with Crippen LogP contribution in [0.5, 0.6) is 0 Å². The Hall–Kier alpha value is 0.177. The maximum absolute atomic E-state index is 9.52. The molecule has 0 aromatic rings. The van der Waals surface area contributed by atoms with Gasteiger partial charge in [-0.15, -0.1) is 0 Å². The van der Waals surface area contributed by atoms with E-state index in [1.165, 1.54) is 0 Å². The molecule has 0 radical (unpaired) electrons. The van der Waals surface area contributed by atoms with Crippen molar-refractivity contribution in [2.45, 2.75) is 45.2 Å². The van der Waals surface area contributed by atoms with Gasteiger partial charge >= 0.3 is 0 Å². The third-order valence-electron chi connectivity index (χ3n) is 1.56. The summed E-state index contributed by atoms with van der Waals surface area (Å²) in [5.74, 6) is 0. The quantitative estimate of drug-likeness (QED) is 0.590. The first-order valence-corrected chi connectivity index (χ1v) is 5.57. The van der Waals surface area contributed by atoms with Crippen molar-refractivity contribution in [1.82, 2.24) is 0 Å². The summed E-state index contributed by atoms with van der Waals surface area (Å²) in [5.41, 5.74) is 0. The second-order valence-electron chi connectivity index (χ2n) is 3.67. The van der Waals surface area contributed by atoms with E-state index in [9.17, 15) is 4.80 Å². The van der Waals surface area contributed by atoms with Crippen LogP contribution in [0.15, 0.2) is 0 Å². The molecule has 0 spiro atoms. The van der Waals surface area contributed by atoms with Gasteiger partial charge in [0.15, 0.2) is 9.04 Å². The van der Waals surface area contributed by atoms with E-state index >= 15 is 0 Å². The number of rotatable bonds is 2. The summed E-state index contributed by atoms with van der Waals surface area (Å²) < 4.78 is 0. The standard InChI is InChI=1S/C7H18OSi/c1-5-6-9(8)7(2,3)4/h8-9H,5-6H2,1-4H3. The van der Waals surface area contributed by atoms with Crippen molar-refractivity contribution in [3.05, 3.63) is 0 Å². The van der Waals surface area contributed by atoms with E-state index in [0.29, 0.717) is 0 Å². The third kappa shape index (κ3) is 3.70. The van der Waals surface area contributed by atoms with Crippen molar-refractivity contribution in [2.24, 2.45) is 0 Å². The van der Waals surface area contributed by atoms with E-state index in [2.05, 4.69) is 27.7 Å². The Morgan fingerprint density at radius 3 is 1.89 bits per heavy atom. The van der Waals surface area contributed by atoms with Gasteiger partial charge in [-0.2, -0.15) is 0 Å². The van der Waals surface area contributed by atoms with Crippen LogP contribution in [0.2, 0.25) is 11.1 Å². The van der Waals surface area contributed by atoms with Crippen LogP contribution in [0.4, 0.5) is 0 Å². The Morgan fingerprint density at radius 1 is 1.33 bits per heavy atom. The maximum atomic E-state index is 9.52. The van der Waals surface area contributed by atoms with E-state index < -0.39 is 9.04 Å². The Labute approximate surface area is 59.8 Å². The van der Waals surface area contributed by atoms with Crippen molar-refractivity contribution < 1.29 is 4.80 Å².